The third kappa shape index (κ3) is 5.23. The van der Waals surface area contributed by atoms with Crippen LogP contribution in [0.15, 0.2) is 48.5 Å². The summed E-state index contributed by atoms with van der Waals surface area (Å²) in [4.78, 5) is 0. The van der Waals surface area contributed by atoms with Crippen LogP contribution >= 0.6 is 15.2 Å². The summed E-state index contributed by atoms with van der Waals surface area (Å²) in [5.74, 6) is 1.86. The number of rotatable bonds is 10. The van der Waals surface area contributed by atoms with Gasteiger partial charge in [0.1, 0.15) is 33.6 Å². The van der Waals surface area contributed by atoms with Crippen LogP contribution in [0.25, 0.3) is 0 Å². The van der Waals surface area contributed by atoms with E-state index in [9.17, 15) is 9.13 Å². The van der Waals surface area contributed by atoms with Crippen molar-refractivity contribution in [3.05, 3.63) is 70.8 Å². The Morgan fingerprint density at radius 2 is 0.978 bits per heavy atom. The molecule has 0 fully saturated rings. The van der Waals surface area contributed by atoms with Gasteiger partial charge in [0.05, 0.1) is 26.4 Å². The monoisotopic (exact) mass is 654 g/mol. The standard InChI is InChI=1S/C35H44O8P2/c1-9-38-44(36,39-10-2)31-19-25-27-17-29(31)42-23-14-13-15-24(16-23)43-30-18-28-26(20-32(30)45(37,40-11-3)41-12-4)34(7,8)22-35(27,28)21-33(25,5)6/h13-20H,9-12,21-22H2,1-8H3. The molecule has 3 aromatic carbocycles. The van der Waals surface area contributed by atoms with E-state index in [1.807, 2.05) is 58.0 Å². The summed E-state index contributed by atoms with van der Waals surface area (Å²) < 4.78 is 65.4. The van der Waals surface area contributed by atoms with E-state index in [0.717, 1.165) is 35.1 Å². The van der Waals surface area contributed by atoms with E-state index in [-0.39, 0.29) is 37.3 Å². The normalized spacial score (nSPS) is 18.5. The van der Waals surface area contributed by atoms with Gasteiger partial charge in [-0.1, -0.05) is 33.8 Å². The van der Waals surface area contributed by atoms with Gasteiger partial charge in [-0.25, -0.2) is 0 Å². The summed E-state index contributed by atoms with van der Waals surface area (Å²) in [5, 5.41) is 0.836. The van der Waals surface area contributed by atoms with Crippen molar-refractivity contribution >= 4 is 25.8 Å². The molecule has 0 atom stereocenters. The summed E-state index contributed by atoms with van der Waals surface area (Å²) >= 11 is 0. The van der Waals surface area contributed by atoms with E-state index in [1.54, 1.807) is 6.07 Å². The molecule has 2 aliphatic carbocycles. The molecule has 10 heteroatoms. The maximum absolute atomic E-state index is 14.4. The molecule has 0 saturated heterocycles. The molecule has 0 saturated carbocycles. The van der Waals surface area contributed by atoms with E-state index >= 15 is 0 Å². The first-order valence-electron chi connectivity index (χ1n) is 15.9. The van der Waals surface area contributed by atoms with Gasteiger partial charge in [-0.2, -0.15) is 0 Å². The average molecular weight is 655 g/mol. The largest absolute Gasteiger partial charge is 0.456 e. The Morgan fingerprint density at radius 1 is 0.600 bits per heavy atom. The van der Waals surface area contributed by atoms with Crippen LogP contribution in [0, 0.1) is 0 Å². The van der Waals surface area contributed by atoms with E-state index in [2.05, 4.69) is 39.8 Å². The maximum Gasteiger partial charge on any atom is 0.365 e. The van der Waals surface area contributed by atoms with Crippen molar-refractivity contribution in [3.63, 3.8) is 0 Å². The van der Waals surface area contributed by atoms with Gasteiger partial charge in [0.15, 0.2) is 0 Å². The van der Waals surface area contributed by atoms with Crippen molar-refractivity contribution < 1.29 is 36.7 Å². The minimum Gasteiger partial charge on any atom is -0.456 e. The second kappa shape index (κ2) is 11.4. The fourth-order valence-corrected chi connectivity index (χ4v) is 11.2. The van der Waals surface area contributed by atoms with Crippen LogP contribution in [-0.4, -0.2) is 26.4 Å². The molecule has 45 heavy (non-hydrogen) atoms. The Balaban J connectivity index is 1.71. The predicted octanol–water partition coefficient (Wildman–Crippen LogP) is 9.02. The van der Waals surface area contributed by atoms with Crippen LogP contribution in [0.3, 0.4) is 0 Å². The van der Waals surface area contributed by atoms with Gasteiger partial charge < -0.3 is 27.6 Å². The summed E-state index contributed by atoms with van der Waals surface area (Å²) in [6.45, 7) is 17.1. The number of hydrogen-bond donors (Lipinski definition) is 0. The molecular formula is C35H44O8P2. The minimum atomic E-state index is -3.72. The SMILES string of the molecule is CCOP(=O)(OCC)c1cc2c3cc1Oc1cccc(c1)Oc1cc4c(cc1P(=O)(OCC)OCC)C(C)(C)CC34CC2(C)C. The molecule has 3 aliphatic rings. The number of fused-ring (bicyclic) bond motifs is 4. The average Bonchev–Trinajstić information content (AvgIpc) is 3.31. The van der Waals surface area contributed by atoms with E-state index in [1.165, 1.54) is 0 Å². The van der Waals surface area contributed by atoms with Crippen molar-refractivity contribution in [1.82, 2.24) is 0 Å². The number of ether oxygens (including phenoxy) is 2. The van der Waals surface area contributed by atoms with Gasteiger partial charge in [-0.15, -0.1) is 0 Å². The molecule has 3 aromatic rings. The molecule has 1 spiro atoms. The van der Waals surface area contributed by atoms with Crippen LogP contribution in [0.5, 0.6) is 23.0 Å². The third-order valence-corrected chi connectivity index (χ3v) is 13.5. The molecule has 0 unspecified atom stereocenters. The molecule has 8 nitrogen and oxygen atoms in total. The lowest BCUT2D eigenvalue weighted by Crippen LogP contribution is -2.27. The van der Waals surface area contributed by atoms with Crippen LogP contribution in [0.4, 0.5) is 0 Å². The van der Waals surface area contributed by atoms with E-state index in [4.69, 9.17) is 27.6 Å². The summed E-state index contributed by atoms with van der Waals surface area (Å²) in [5.41, 5.74) is 3.41. The molecule has 0 N–H and O–H groups in total. The zero-order valence-electron chi connectivity index (χ0n) is 27.5. The zero-order valence-corrected chi connectivity index (χ0v) is 29.3. The number of hydrogen-bond acceptors (Lipinski definition) is 8. The predicted molar refractivity (Wildman–Crippen MR) is 177 cm³/mol. The van der Waals surface area contributed by atoms with Gasteiger partial charge in [-0.05, 0) is 110 Å². The summed E-state index contributed by atoms with van der Waals surface area (Å²) in [7, 11) is -7.45. The number of benzene rings is 3. The second-order valence-corrected chi connectivity index (χ2v) is 17.3. The van der Waals surface area contributed by atoms with Crippen molar-refractivity contribution in [2.45, 2.75) is 84.5 Å². The van der Waals surface area contributed by atoms with Crippen molar-refractivity contribution in [3.8, 4) is 23.0 Å². The molecule has 1 heterocycles. The molecular weight excluding hydrogens is 610 g/mol. The first kappa shape index (κ1) is 32.5. The third-order valence-electron chi connectivity index (χ3n) is 9.22. The Kier molecular flexibility index (Phi) is 8.21. The topological polar surface area (TPSA) is 89.5 Å². The Morgan fingerprint density at radius 3 is 1.33 bits per heavy atom. The lowest BCUT2D eigenvalue weighted by molar-refractivity contribution is 0.228. The Labute approximate surface area is 266 Å². The van der Waals surface area contributed by atoms with Crippen molar-refractivity contribution in [2.75, 3.05) is 26.4 Å². The lowest BCUT2D eigenvalue weighted by atomic mass is 9.72. The minimum absolute atomic E-state index is 0.227. The highest BCUT2D eigenvalue weighted by Gasteiger charge is 2.58. The van der Waals surface area contributed by atoms with Crippen LogP contribution in [0.2, 0.25) is 0 Å². The molecule has 6 rings (SSSR count). The van der Waals surface area contributed by atoms with Gasteiger partial charge in [0, 0.05) is 11.5 Å². The van der Waals surface area contributed by atoms with Crippen molar-refractivity contribution in [1.29, 1.82) is 0 Å². The summed E-state index contributed by atoms with van der Waals surface area (Å²) in [6, 6.07) is 15.3. The maximum atomic E-state index is 14.4. The zero-order chi connectivity index (χ0) is 32.4. The molecule has 0 amide bonds. The fraction of sp³-hybridized carbons (Fsp3) is 0.486. The van der Waals surface area contributed by atoms with E-state index < -0.39 is 20.6 Å². The smallest absolute Gasteiger partial charge is 0.365 e. The lowest BCUT2D eigenvalue weighted by Gasteiger charge is -2.31. The molecule has 6 bridgehead atoms. The van der Waals surface area contributed by atoms with Gasteiger partial charge in [0.25, 0.3) is 0 Å². The molecule has 242 valence electrons. The Bertz CT molecular complexity index is 1600. The first-order chi connectivity index (χ1) is 21.3. The highest BCUT2D eigenvalue weighted by Crippen LogP contribution is 2.65. The van der Waals surface area contributed by atoms with Gasteiger partial charge >= 0.3 is 15.2 Å². The second-order valence-electron chi connectivity index (χ2n) is 13.3. The molecule has 0 aromatic heterocycles. The van der Waals surface area contributed by atoms with Gasteiger partial charge in [0.2, 0.25) is 0 Å². The van der Waals surface area contributed by atoms with Crippen molar-refractivity contribution in [2.24, 2.45) is 0 Å². The molecule has 0 radical (unpaired) electrons. The first-order valence-corrected chi connectivity index (χ1v) is 19.0. The fourth-order valence-electron chi connectivity index (χ4n) is 7.82. The highest BCUT2D eigenvalue weighted by molar-refractivity contribution is 7.62. The highest BCUT2D eigenvalue weighted by atomic mass is 31.2. The Hall–Kier alpha value is -2.44. The van der Waals surface area contributed by atoms with Gasteiger partial charge in [-0.3, -0.25) is 9.13 Å². The molecule has 1 aliphatic heterocycles. The summed E-state index contributed by atoms with van der Waals surface area (Å²) in [6.07, 6.45) is 1.61. The quantitative estimate of drug-likeness (QED) is 0.200. The van der Waals surface area contributed by atoms with E-state index in [0.29, 0.717) is 33.6 Å². The van der Waals surface area contributed by atoms with Crippen LogP contribution in [-0.2, 0) is 43.5 Å². The van der Waals surface area contributed by atoms with Crippen LogP contribution < -0.4 is 20.1 Å². The van der Waals surface area contributed by atoms with Crippen LogP contribution in [0.1, 0.15) is 90.5 Å².